The molecule has 2 saturated carbocycles. The number of nitrogens with one attached hydrogen (secondary N) is 1. The molecule has 3 aliphatic rings. The van der Waals surface area contributed by atoms with Crippen LogP contribution in [-0.4, -0.2) is 46.3 Å². The number of carbonyl (C=O) groups excluding carboxylic acids is 2. The number of nitrogens with zero attached hydrogens (tertiary/aromatic N) is 3. The summed E-state index contributed by atoms with van der Waals surface area (Å²) in [6.45, 7) is 4.03. The highest BCUT2D eigenvalue weighted by molar-refractivity contribution is 6.01. The Balaban J connectivity index is 0.937. The van der Waals surface area contributed by atoms with Crippen molar-refractivity contribution in [2.24, 2.45) is 13.0 Å². The van der Waals surface area contributed by atoms with Crippen molar-refractivity contribution in [3.8, 4) is 0 Å². The van der Waals surface area contributed by atoms with E-state index in [1.165, 1.54) is 50.4 Å². The number of aryl methyl sites for hydroxylation is 2. The summed E-state index contributed by atoms with van der Waals surface area (Å²) in [4.78, 5) is 32.3. The average Bonchev–Trinajstić information content (AvgIpc) is 4.18. The summed E-state index contributed by atoms with van der Waals surface area (Å²) >= 11 is 0. The lowest BCUT2D eigenvalue weighted by molar-refractivity contribution is -0.126. The normalized spacial score (nSPS) is 20.4. The van der Waals surface area contributed by atoms with Crippen molar-refractivity contribution in [3.05, 3.63) is 167 Å². The molecule has 6 aromatic carbocycles. The quantitative estimate of drug-likeness (QED) is 0.159. The third-order valence-electron chi connectivity index (χ3n) is 13.9. The number of halogens is 1. The van der Waals surface area contributed by atoms with Gasteiger partial charge in [-0.15, -0.1) is 0 Å². The maximum atomic E-state index is 14.3. The number of amides is 2. The van der Waals surface area contributed by atoms with Crippen LogP contribution in [0.5, 0.6) is 0 Å². The maximum Gasteiger partial charge on any atom is 0.254 e. The molecule has 58 heavy (non-hydrogen) atoms. The Labute approximate surface area is 339 Å². The lowest BCUT2D eigenvalue weighted by Gasteiger charge is -2.39. The summed E-state index contributed by atoms with van der Waals surface area (Å²) in [6, 6.07) is 41.8. The minimum absolute atomic E-state index is 0.0499. The Bertz CT molecular complexity index is 2750. The summed E-state index contributed by atoms with van der Waals surface area (Å²) in [5.74, 6) is 0.0457. The first-order valence-electron chi connectivity index (χ1n) is 20.8. The minimum atomic E-state index is -0.339. The molecule has 0 radical (unpaired) electrons. The molecular formula is C51H49FN4O2. The molecule has 2 amide bonds. The van der Waals surface area contributed by atoms with Gasteiger partial charge in [0.05, 0.1) is 11.1 Å². The van der Waals surface area contributed by atoms with Gasteiger partial charge in [0, 0.05) is 49.8 Å². The molecule has 6 nitrogen and oxygen atoms in total. The standard InChI is InChI=1S/C51H49FN4O2/c1-33-27-39-19-24-54(2)47(39)30-43(33)49(58)55(3)50(22-23-50)44-15-8-12-37-29-38(17-18-42(37)44)46-31-51(46,45-16-7-11-35-10-4-5-14-41(35)45)56-25-20-36(21-26-56)48(57)53-32-34-9-6-13-40(52)28-34/h4-19,24,27-30,36,46H,20-23,25-26,31-32H2,1-3H3,(H,53,57). The van der Waals surface area contributed by atoms with E-state index in [9.17, 15) is 14.0 Å². The highest BCUT2D eigenvalue weighted by atomic mass is 19.1. The van der Waals surface area contributed by atoms with Gasteiger partial charge in [-0.05, 0) is 137 Å². The molecule has 0 spiro atoms. The molecule has 7 heteroatoms. The van der Waals surface area contributed by atoms with Crippen LogP contribution < -0.4 is 5.32 Å². The van der Waals surface area contributed by atoms with Gasteiger partial charge in [-0.1, -0.05) is 91.0 Å². The van der Waals surface area contributed by atoms with E-state index >= 15 is 0 Å². The third-order valence-corrected chi connectivity index (χ3v) is 13.9. The zero-order valence-electron chi connectivity index (χ0n) is 33.5. The molecule has 3 fully saturated rings. The Morgan fingerprint density at radius 1 is 0.793 bits per heavy atom. The number of hydrogen-bond donors (Lipinski definition) is 1. The SMILES string of the molecule is Cc1cc2ccn(C)c2cc1C(=O)N(C)C1(c2cccc3cc(C4CC4(c4cccc5ccccc45)N4CCC(C(=O)NCc5cccc(F)c5)CC4)ccc23)CC1. The van der Waals surface area contributed by atoms with E-state index in [2.05, 4.69) is 112 Å². The van der Waals surface area contributed by atoms with Crippen LogP contribution in [-0.2, 0) is 29.5 Å². The van der Waals surface area contributed by atoms with Crippen molar-refractivity contribution in [1.82, 2.24) is 19.7 Å². The summed E-state index contributed by atoms with van der Waals surface area (Å²) in [7, 11) is 4.01. The predicted molar refractivity (Wildman–Crippen MR) is 230 cm³/mol. The van der Waals surface area contributed by atoms with Gasteiger partial charge in [0.25, 0.3) is 5.91 Å². The van der Waals surface area contributed by atoms with E-state index in [0.717, 1.165) is 72.8 Å². The van der Waals surface area contributed by atoms with Crippen LogP contribution >= 0.6 is 0 Å². The number of rotatable bonds is 9. The van der Waals surface area contributed by atoms with Gasteiger partial charge in [-0.2, -0.15) is 0 Å². The topological polar surface area (TPSA) is 57.6 Å². The molecular weight excluding hydrogens is 720 g/mol. The van der Waals surface area contributed by atoms with Crippen LogP contribution in [0.3, 0.4) is 0 Å². The Hall–Kier alpha value is -5.79. The highest BCUT2D eigenvalue weighted by Gasteiger charge is 2.60. The number of aromatic nitrogens is 1. The van der Waals surface area contributed by atoms with Gasteiger partial charge >= 0.3 is 0 Å². The van der Waals surface area contributed by atoms with Gasteiger partial charge in [0.2, 0.25) is 5.91 Å². The summed E-state index contributed by atoms with van der Waals surface area (Å²) in [6.07, 6.45) is 6.49. The second-order valence-electron chi connectivity index (χ2n) is 17.2. The fourth-order valence-corrected chi connectivity index (χ4v) is 10.5. The van der Waals surface area contributed by atoms with E-state index < -0.39 is 0 Å². The zero-order chi connectivity index (χ0) is 39.8. The lowest BCUT2D eigenvalue weighted by atomic mass is 9.87. The van der Waals surface area contributed by atoms with Crippen LogP contribution in [0.2, 0.25) is 0 Å². The lowest BCUT2D eigenvalue weighted by Crippen LogP contribution is -2.45. The van der Waals surface area contributed by atoms with E-state index in [-0.39, 0.29) is 34.6 Å². The van der Waals surface area contributed by atoms with Gasteiger partial charge < -0.3 is 14.8 Å². The maximum absolute atomic E-state index is 14.3. The van der Waals surface area contributed by atoms with Crippen molar-refractivity contribution in [2.45, 2.75) is 62.6 Å². The predicted octanol–water partition coefficient (Wildman–Crippen LogP) is 10.1. The molecule has 2 atom stereocenters. The average molecular weight is 769 g/mol. The number of likely N-dealkylation sites (tertiary alicyclic amines) is 1. The Morgan fingerprint density at radius 2 is 1.52 bits per heavy atom. The van der Waals surface area contributed by atoms with Crippen molar-refractivity contribution in [3.63, 3.8) is 0 Å². The molecule has 0 bridgehead atoms. The smallest absolute Gasteiger partial charge is 0.254 e. The fraction of sp³-hybridized carbons (Fsp3) is 0.294. The van der Waals surface area contributed by atoms with Gasteiger partial charge in [0.1, 0.15) is 5.82 Å². The van der Waals surface area contributed by atoms with E-state index in [1.807, 2.05) is 38.2 Å². The van der Waals surface area contributed by atoms with Crippen LogP contribution in [0.1, 0.15) is 76.2 Å². The van der Waals surface area contributed by atoms with Crippen LogP contribution in [0, 0.1) is 18.7 Å². The first-order valence-corrected chi connectivity index (χ1v) is 20.8. The van der Waals surface area contributed by atoms with Gasteiger partial charge in [-0.3, -0.25) is 14.5 Å². The van der Waals surface area contributed by atoms with Crippen molar-refractivity contribution in [2.75, 3.05) is 20.1 Å². The molecule has 7 aromatic rings. The fourth-order valence-electron chi connectivity index (χ4n) is 10.5. The number of hydrogen-bond acceptors (Lipinski definition) is 3. The van der Waals surface area contributed by atoms with Gasteiger partial charge in [0.15, 0.2) is 0 Å². The molecule has 1 aromatic heterocycles. The molecule has 10 rings (SSSR count). The number of benzene rings is 6. The first-order chi connectivity index (χ1) is 28.2. The third kappa shape index (κ3) is 6.01. The second-order valence-corrected chi connectivity index (χ2v) is 17.2. The number of carbonyl (C=O) groups is 2. The molecule has 292 valence electrons. The minimum Gasteiger partial charge on any atom is -0.352 e. The molecule has 2 heterocycles. The second kappa shape index (κ2) is 13.9. The van der Waals surface area contributed by atoms with Crippen molar-refractivity contribution in [1.29, 1.82) is 0 Å². The Kier molecular flexibility index (Phi) is 8.79. The van der Waals surface area contributed by atoms with E-state index in [1.54, 1.807) is 6.07 Å². The monoisotopic (exact) mass is 768 g/mol. The highest BCUT2D eigenvalue weighted by Crippen LogP contribution is 2.64. The van der Waals surface area contributed by atoms with E-state index in [4.69, 9.17) is 0 Å². The van der Waals surface area contributed by atoms with Crippen molar-refractivity contribution < 1.29 is 14.0 Å². The van der Waals surface area contributed by atoms with Crippen LogP contribution in [0.4, 0.5) is 4.39 Å². The summed E-state index contributed by atoms with van der Waals surface area (Å²) in [5.41, 5.74) is 6.99. The Morgan fingerprint density at radius 3 is 2.31 bits per heavy atom. The molecule has 2 aliphatic carbocycles. The number of fused-ring (bicyclic) bond motifs is 3. The zero-order valence-corrected chi connectivity index (χ0v) is 33.5. The largest absolute Gasteiger partial charge is 0.352 e. The number of piperidine rings is 1. The summed E-state index contributed by atoms with van der Waals surface area (Å²) in [5, 5.41) is 9.17. The van der Waals surface area contributed by atoms with Crippen LogP contribution in [0.25, 0.3) is 32.4 Å². The van der Waals surface area contributed by atoms with Crippen LogP contribution in [0.15, 0.2) is 128 Å². The molecule has 1 saturated heterocycles. The van der Waals surface area contributed by atoms with Gasteiger partial charge in [-0.25, -0.2) is 4.39 Å². The van der Waals surface area contributed by atoms with E-state index in [0.29, 0.717) is 12.5 Å². The molecule has 2 unspecified atom stereocenters. The summed E-state index contributed by atoms with van der Waals surface area (Å²) < 4.78 is 15.8. The van der Waals surface area contributed by atoms with Crippen molar-refractivity contribution >= 4 is 44.3 Å². The molecule has 1 aliphatic heterocycles. The molecule has 1 N–H and O–H groups in total. The first kappa shape index (κ1) is 36.5.